The number of aliphatic hydroxyl groups is 1. The second-order valence-electron chi connectivity index (χ2n) is 12.5. The second kappa shape index (κ2) is 14.3. The Morgan fingerprint density at radius 3 is 2.04 bits per heavy atom. The van der Waals surface area contributed by atoms with Gasteiger partial charge in [-0.2, -0.15) is 0 Å². The quantitative estimate of drug-likeness (QED) is 0.0947. The Balaban J connectivity index is 0.000000234. The van der Waals surface area contributed by atoms with Gasteiger partial charge in [-0.25, -0.2) is 4.98 Å². The second-order valence-corrected chi connectivity index (χ2v) is 12.5. The van der Waals surface area contributed by atoms with Crippen molar-refractivity contribution in [3.05, 3.63) is 97.0 Å². The van der Waals surface area contributed by atoms with Gasteiger partial charge in [0.25, 0.3) is 0 Å². The molecule has 5 nitrogen and oxygen atoms in total. The topological polar surface area (TPSA) is 68.0 Å². The van der Waals surface area contributed by atoms with E-state index in [2.05, 4.69) is 84.4 Å². The maximum absolute atomic E-state index is 12.2. The van der Waals surface area contributed by atoms with Crippen molar-refractivity contribution in [3.63, 3.8) is 0 Å². The number of nitrogens with zero attached hydrogens (tertiary/aromatic N) is 3. The first-order valence-electron chi connectivity index (χ1n) is 16.1. The molecule has 0 unspecified atom stereocenters. The van der Waals surface area contributed by atoms with E-state index in [0.717, 1.165) is 58.9 Å². The molecule has 0 fully saturated rings. The summed E-state index contributed by atoms with van der Waals surface area (Å²) in [5.74, 6) is 0.286. The van der Waals surface area contributed by atoms with Crippen LogP contribution in [-0.4, -0.2) is 25.4 Å². The number of allylic oxidation sites excluding steroid dienone is 2. The molecule has 46 heavy (non-hydrogen) atoms. The minimum absolute atomic E-state index is 0. The van der Waals surface area contributed by atoms with Crippen molar-refractivity contribution < 1.29 is 30.0 Å². The van der Waals surface area contributed by atoms with E-state index in [1.54, 1.807) is 6.33 Å². The number of carbonyl (C=O) groups is 1. The zero-order valence-corrected chi connectivity index (χ0v) is 30.3. The summed E-state index contributed by atoms with van der Waals surface area (Å²) in [7, 11) is 2.09. The van der Waals surface area contributed by atoms with Crippen LogP contribution in [0.5, 0.6) is 0 Å². The summed E-state index contributed by atoms with van der Waals surface area (Å²) in [4.78, 5) is 21.6. The molecule has 0 saturated carbocycles. The first-order valence-corrected chi connectivity index (χ1v) is 16.1. The number of hydrogen-bond donors (Lipinski definition) is 1. The summed E-state index contributed by atoms with van der Waals surface area (Å²) in [6.07, 6.45) is 6.43. The molecule has 2 aromatic heterocycles. The summed E-state index contributed by atoms with van der Waals surface area (Å²) in [5.41, 5.74) is 4.53. The fraction of sp³-hybridized carbons (Fsp3) is 0.325. The van der Waals surface area contributed by atoms with E-state index in [9.17, 15) is 9.90 Å². The molecule has 1 N–H and O–H groups in total. The summed E-state index contributed by atoms with van der Waals surface area (Å²) < 4.78 is 2.21. The monoisotopic (exact) mass is 791 g/mol. The third-order valence-corrected chi connectivity index (χ3v) is 10.2. The molecule has 1 radical (unpaired) electrons. The summed E-state index contributed by atoms with van der Waals surface area (Å²) in [6, 6.07) is 28.7. The van der Waals surface area contributed by atoms with Gasteiger partial charge < -0.3 is 9.67 Å². The van der Waals surface area contributed by atoms with E-state index in [4.69, 9.17) is 9.97 Å². The first kappa shape index (κ1) is 35.0. The van der Waals surface area contributed by atoms with E-state index in [1.165, 1.54) is 27.6 Å². The molecule has 6 aromatic rings. The smallest absolute Gasteiger partial charge is 0.164 e. The van der Waals surface area contributed by atoms with E-state index in [-0.39, 0.29) is 42.5 Å². The number of aryl methyl sites for hydroxylation is 1. The molecule has 0 amide bonds. The molecule has 0 atom stereocenters. The SMILES string of the molecule is CCC(C)(CC)C(=O)/C=C(\O)C(C)(CC)CC.Cn1c2ccc3ccccc3c2c2ncnc(-c3[c-]ccc4ccccc34)c21.[Ir]. The van der Waals surface area contributed by atoms with Crippen molar-refractivity contribution in [1.29, 1.82) is 0 Å². The zero-order valence-electron chi connectivity index (χ0n) is 27.9. The normalized spacial score (nSPS) is 12.3. The van der Waals surface area contributed by atoms with Gasteiger partial charge in [0.2, 0.25) is 0 Å². The molecule has 0 spiro atoms. The number of hydrogen-bond acceptors (Lipinski definition) is 4. The molecule has 6 rings (SSSR count). The Bertz CT molecular complexity index is 2030. The van der Waals surface area contributed by atoms with Crippen LogP contribution in [0.3, 0.4) is 0 Å². The molecule has 0 bridgehead atoms. The van der Waals surface area contributed by atoms with Gasteiger partial charge in [-0.1, -0.05) is 102 Å². The van der Waals surface area contributed by atoms with Gasteiger partial charge in [-0.05, 0) is 42.5 Å². The Morgan fingerprint density at radius 1 is 0.826 bits per heavy atom. The fourth-order valence-corrected chi connectivity index (χ4v) is 6.01. The van der Waals surface area contributed by atoms with Crippen molar-refractivity contribution in [1.82, 2.24) is 14.5 Å². The molecule has 0 saturated heterocycles. The van der Waals surface area contributed by atoms with Crippen LogP contribution in [-0.2, 0) is 31.9 Å². The van der Waals surface area contributed by atoms with Crippen molar-refractivity contribution >= 4 is 49.3 Å². The Labute approximate surface area is 286 Å². The van der Waals surface area contributed by atoms with Crippen molar-refractivity contribution in [2.75, 3.05) is 0 Å². The number of benzene rings is 4. The minimum Gasteiger partial charge on any atom is -0.512 e. The van der Waals surface area contributed by atoms with Gasteiger partial charge in [0, 0.05) is 55.1 Å². The number of fused-ring (bicyclic) bond motifs is 6. The maximum Gasteiger partial charge on any atom is 0.164 e. The average molecular weight is 791 g/mol. The van der Waals surface area contributed by atoms with Crippen molar-refractivity contribution in [3.8, 4) is 11.3 Å². The molecule has 4 aromatic carbocycles. The van der Waals surface area contributed by atoms with E-state index < -0.39 is 0 Å². The molecule has 2 heterocycles. The van der Waals surface area contributed by atoms with Crippen LogP contribution >= 0.6 is 0 Å². The van der Waals surface area contributed by atoms with E-state index in [0.29, 0.717) is 0 Å². The van der Waals surface area contributed by atoms with Crippen LogP contribution in [0.1, 0.15) is 67.2 Å². The molecule has 0 aliphatic rings. The number of carbonyl (C=O) groups excluding carboxylic acids is 1. The van der Waals surface area contributed by atoms with Crippen LogP contribution in [0, 0.1) is 16.9 Å². The van der Waals surface area contributed by atoms with E-state index in [1.807, 2.05) is 47.6 Å². The maximum atomic E-state index is 12.2. The zero-order chi connectivity index (χ0) is 32.4. The number of rotatable bonds is 8. The van der Waals surface area contributed by atoms with Crippen molar-refractivity contribution in [2.24, 2.45) is 17.9 Å². The van der Waals surface area contributed by atoms with Crippen molar-refractivity contribution in [2.45, 2.75) is 67.2 Å². The van der Waals surface area contributed by atoms with E-state index >= 15 is 0 Å². The molecule has 241 valence electrons. The predicted octanol–water partition coefficient (Wildman–Crippen LogP) is 10.5. The first-order chi connectivity index (χ1) is 21.6. The van der Waals surface area contributed by atoms with Gasteiger partial charge in [0.05, 0.1) is 16.6 Å². The van der Waals surface area contributed by atoms with Gasteiger partial charge in [0.15, 0.2) is 5.78 Å². The summed E-state index contributed by atoms with van der Waals surface area (Å²) >= 11 is 0. The third kappa shape index (κ3) is 6.26. The average Bonchev–Trinajstić information content (AvgIpc) is 3.39. The standard InChI is InChI=1S/C25H16N3.C15H28O2.Ir/c1-28-21-14-13-17-8-3-5-11-19(17)22(21)24-25(28)23(26-15-27-24)20-12-6-9-16-7-2-4-10-18(16)20;1-7-14(5,8-2)12(16)11-13(17)15(6,9-3)10-4;/h2-11,13-15H,1H3;11,16H,7-10H2,1-6H3;/q-1;;/b;12-11-;. The number of aliphatic hydroxyl groups excluding tert-OH is 1. The van der Waals surface area contributed by atoms with Gasteiger partial charge in [-0.15, -0.1) is 29.1 Å². The van der Waals surface area contributed by atoms with Crippen LogP contribution in [0.25, 0.3) is 54.7 Å². The number of aromatic nitrogens is 3. The number of ketones is 1. The Morgan fingerprint density at radius 2 is 1.41 bits per heavy atom. The van der Waals surface area contributed by atoms with Crippen LogP contribution < -0.4 is 0 Å². The summed E-state index contributed by atoms with van der Waals surface area (Å²) in [5, 5.41) is 16.1. The molecule has 6 heteroatoms. The molecular formula is C40H44IrN3O2-. The largest absolute Gasteiger partial charge is 0.512 e. The Kier molecular flexibility index (Phi) is 10.9. The van der Waals surface area contributed by atoms with Crippen LogP contribution in [0.2, 0.25) is 0 Å². The van der Waals surface area contributed by atoms with Gasteiger partial charge in [0.1, 0.15) is 12.1 Å². The molecular weight excluding hydrogens is 747 g/mol. The Hall–Kier alpha value is -3.86. The minimum atomic E-state index is -0.337. The van der Waals surface area contributed by atoms with Gasteiger partial charge in [-0.3, -0.25) is 9.78 Å². The van der Waals surface area contributed by atoms with Gasteiger partial charge >= 0.3 is 0 Å². The third-order valence-electron chi connectivity index (χ3n) is 10.2. The molecule has 0 aliphatic carbocycles. The fourth-order valence-electron chi connectivity index (χ4n) is 6.01. The summed E-state index contributed by atoms with van der Waals surface area (Å²) in [6.45, 7) is 12.1. The van der Waals surface area contributed by atoms with Crippen LogP contribution in [0.4, 0.5) is 0 Å². The molecule has 0 aliphatic heterocycles. The predicted molar refractivity (Wildman–Crippen MR) is 188 cm³/mol. The van der Waals surface area contributed by atoms with Crippen LogP contribution in [0.15, 0.2) is 91.0 Å².